The summed E-state index contributed by atoms with van der Waals surface area (Å²) >= 11 is 0. The topological polar surface area (TPSA) is 86.8 Å². The monoisotopic (exact) mass is 267 g/mol. The molecule has 0 aromatic carbocycles. The Balaban J connectivity index is 1.62. The van der Waals surface area contributed by atoms with Gasteiger partial charge in [-0.3, -0.25) is 29.0 Å². The van der Waals surface area contributed by atoms with Gasteiger partial charge in [0.15, 0.2) is 0 Å². The molecule has 7 heteroatoms. The number of likely N-dealkylation sites (tertiary alicyclic amines) is 2. The van der Waals surface area contributed by atoms with E-state index in [1.165, 1.54) is 9.80 Å². The quantitative estimate of drug-likeness (QED) is 0.486. The fourth-order valence-electron chi connectivity index (χ4n) is 2.25. The van der Waals surface area contributed by atoms with Crippen LogP contribution in [0.25, 0.3) is 0 Å². The molecule has 7 nitrogen and oxygen atoms in total. The second-order valence-electron chi connectivity index (χ2n) is 4.63. The molecule has 1 N–H and O–H groups in total. The Morgan fingerprint density at radius 3 is 1.32 bits per heavy atom. The third-order valence-electron chi connectivity index (χ3n) is 3.33. The number of hydrogen-bond donors (Lipinski definition) is 1. The van der Waals surface area contributed by atoms with Crippen molar-refractivity contribution in [2.24, 2.45) is 0 Å². The zero-order valence-corrected chi connectivity index (χ0v) is 10.7. The third kappa shape index (κ3) is 3.17. The molecule has 2 rings (SSSR count). The normalized spacial score (nSPS) is 20.0. The Morgan fingerprint density at radius 2 is 1.00 bits per heavy atom. The van der Waals surface area contributed by atoms with Crippen molar-refractivity contribution >= 4 is 23.6 Å². The number of carbonyl (C=O) groups is 4. The molecule has 0 bridgehead atoms. The van der Waals surface area contributed by atoms with E-state index in [4.69, 9.17) is 0 Å². The summed E-state index contributed by atoms with van der Waals surface area (Å²) in [5, 5.41) is 3.03. The smallest absolute Gasteiger partial charge is 0.229 e. The van der Waals surface area contributed by atoms with Crippen LogP contribution in [0, 0.1) is 0 Å². The second kappa shape index (κ2) is 5.92. The van der Waals surface area contributed by atoms with Crippen LogP contribution in [0.4, 0.5) is 0 Å². The summed E-state index contributed by atoms with van der Waals surface area (Å²) in [7, 11) is 0. The largest absolute Gasteiger partial charge is 0.313 e. The molecule has 104 valence electrons. The van der Waals surface area contributed by atoms with E-state index in [9.17, 15) is 19.2 Å². The maximum absolute atomic E-state index is 11.3. The maximum atomic E-state index is 11.3. The number of imide groups is 2. The zero-order valence-electron chi connectivity index (χ0n) is 10.7. The molecule has 0 aromatic rings. The van der Waals surface area contributed by atoms with Crippen molar-refractivity contribution in [3.05, 3.63) is 0 Å². The molecule has 2 saturated heterocycles. The Morgan fingerprint density at radius 1 is 0.684 bits per heavy atom. The van der Waals surface area contributed by atoms with Gasteiger partial charge in [-0.05, 0) is 0 Å². The predicted molar refractivity (Wildman–Crippen MR) is 64.8 cm³/mol. The molecule has 19 heavy (non-hydrogen) atoms. The summed E-state index contributed by atoms with van der Waals surface area (Å²) in [6.07, 6.45) is 1.20. The van der Waals surface area contributed by atoms with E-state index in [1.807, 2.05) is 0 Å². The molecule has 0 atom stereocenters. The van der Waals surface area contributed by atoms with Crippen molar-refractivity contribution in [2.75, 3.05) is 26.2 Å². The molecule has 2 fully saturated rings. The molecule has 0 unspecified atom stereocenters. The van der Waals surface area contributed by atoms with Gasteiger partial charge in [-0.1, -0.05) is 0 Å². The summed E-state index contributed by atoms with van der Waals surface area (Å²) in [6, 6.07) is 0. The Hall–Kier alpha value is -1.76. The summed E-state index contributed by atoms with van der Waals surface area (Å²) in [5.41, 5.74) is 0. The lowest BCUT2D eigenvalue weighted by molar-refractivity contribution is -0.139. The first kappa shape index (κ1) is 13.7. The molecule has 0 aliphatic carbocycles. The minimum Gasteiger partial charge on any atom is -0.313 e. The molecule has 2 heterocycles. The average molecular weight is 267 g/mol. The summed E-state index contributed by atoms with van der Waals surface area (Å²) in [4.78, 5) is 47.8. The number of hydrogen-bond acceptors (Lipinski definition) is 5. The van der Waals surface area contributed by atoms with Gasteiger partial charge in [-0.25, -0.2) is 0 Å². The predicted octanol–water partition coefficient (Wildman–Crippen LogP) is -1.13. The van der Waals surface area contributed by atoms with Crippen LogP contribution in [-0.4, -0.2) is 59.6 Å². The van der Waals surface area contributed by atoms with Gasteiger partial charge >= 0.3 is 0 Å². The number of carbonyl (C=O) groups excluding carboxylic acids is 4. The van der Waals surface area contributed by atoms with Gasteiger partial charge in [0.05, 0.1) is 0 Å². The van der Waals surface area contributed by atoms with Crippen LogP contribution in [0.15, 0.2) is 0 Å². The second-order valence-corrected chi connectivity index (χ2v) is 4.63. The zero-order chi connectivity index (χ0) is 13.8. The van der Waals surface area contributed by atoms with E-state index >= 15 is 0 Å². The Kier molecular flexibility index (Phi) is 4.26. The van der Waals surface area contributed by atoms with Crippen molar-refractivity contribution in [1.82, 2.24) is 15.1 Å². The number of rotatable bonds is 6. The van der Waals surface area contributed by atoms with Crippen LogP contribution in [0.1, 0.15) is 25.7 Å². The minimum atomic E-state index is -0.128. The van der Waals surface area contributed by atoms with Crippen LogP contribution < -0.4 is 5.32 Å². The standard InChI is InChI=1S/C12H17N3O4/c16-9-1-2-10(17)14(9)7-5-13-6-8-15-11(18)3-4-12(15)19/h13H,1-8H2. The van der Waals surface area contributed by atoms with Gasteiger partial charge in [0, 0.05) is 51.9 Å². The number of amides is 4. The van der Waals surface area contributed by atoms with E-state index in [-0.39, 0.29) is 23.6 Å². The fraction of sp³-hybridized carbons (Fsp3) is 0.667. The first-order chi connectivity index (χ1) is 9.09. The molecule has 0 aromatic heterocycles. The maximum Gasteiger partial charge on any atom is 0.229 e. The fourth-order valence-corrected chi connectivity index (χ4v) is 2.25. The summed E-state index contributed by atoms with van der Waals surface area (Å²) in [5.74, 6) is -0.512. The highest BCUT2D eigenvalue weighted by atomic mass is 16.2. The SMILES string of the molecule is O=C1CCC(=O)N1CCNCCN1C(=O)CCC1=O. The lowest BCUT2D eigenvalue weighted by Crippen LogP contribution is -2.39. The molecule has 0 spiro atoms. The molecule has 2 aliphatic rings. The van der Waals surface area contributed by atoms with Crippen molar-refractivity contribution in [3.8, 4) is 0 Å². The first-order valence-electron chi connectivity index (χ1n) is 6.46. The van der Waals surface area contributed by atoms with Gasteiger partial charge in [-0.15, -0.1) is 0 Å². The van der Waals surface area contributed by atoms with Crippen LogP contribution in [0.3, 0.4) is 0 Å². The van der Waals surface area contributed by atoms with Gasteiger partial charge in [0.25, 0.3) is 0 Å². The highest BCUT2D eigenvalue weighted by Crippen LogP contribution is 2.11. The third-order valence-corrected chi connectivity index (χ3v) is 3.33. The van der Waals surface area contributed by atoms with Crippen molar-refractivity contribution in [3.63, 3.8) is 0 Å². The molecular weight excluding hydrogens is 250 g/mol. The van der Waals surface area contributed by atoms with Crippen LogP contribution >= 0.6 is 0 Å². The summed E-state index contributed by atoms with van der Waals surface area (Å²) < 4.78 is 0. The van der Waals surface area contributed by atoms with Crippen molar-refractivity contribution in [2.45, 2.75) is 25.7 Å². The molecule has 0 saturated carbocycles. The highest BCUT2D eigenvalue weighted by molar-refractivity contribution is 6.02. The van der Waals surface area contributed by atoms with E-state index in [2.05, 4.69) is 5.32 Å². The number of nitrogens with zero attached hydrogens (tertiary/aromatic N) is 2. The van der Waals surface area contributed by atoms with Crippen LogP contribution in [-0.2, 0) is 19.2 Å². The lowest BCUT2D eigenvalue weighted by Gasteiger charge is -2.16. The number of nitrogens with one attached hydrogen (secondary N) is 1. The van der Waals surface area contributed by atoms with E-state index in [1.54, 1.807) is 0 Å². The van der Waals surface area contributed by atoms with Crippen molar-refractivity contribution < 1.29 is 19.2 Å². The lowest BCUT2D eigenvalue weighted by atomic mass is 10.4. The molecule has 4 amide bonds. The van der Waals surface area contributed by atoms with Crippen LogP contribution in [0.2, 0.25) is 0 Å². The minimum absolute atomic E-state index is 0.128. The van der Waals surface area contributed by atoms with E-state index < -0.39 is 0 Å². The Bertz CT molecular complexity index is 351. The van der Waals surface area contributed by atoms with Crippen molar-refractivity contribution in [1.29, 1.82) is 0 Å². The molecule has 2 aliphatic heterocycles. The van der Waals surface area contributed by atoms with Gasteiger partial charge < -0.3 is 5.32 Å². The first-order valence-corrected chi connectivity index (χ1v) is 6.46. The van der Waals surface area contributed by atoms with Gasteiger partial charge in [0.2, 0.25) is 23.6 Å². The highest BCUT2D eigenvalue weighted by Gasteiger charge is 2.29. The average Bonchev–Trinajstić information content (AvgIpc) is 2.86. The van der Waals surface area contributed by atoms with E-state index in [0.29, 0.717) is 51.9 Å². The Labute approximate surface area is 110 Å². The summed E-state index contributed by atoms with van der Waals surface area (Å²) in [6.45, 7) is 1.65. The molecular formula is C12H17N3O4. The van der Waals surface area contributed by atoms with Gasteiger partial charge in [0.1, 0.15) is 0 Å². The van der Waals surface area contributed by atoms with Crippen LogP contribution in [0.5, 0.6) is 0 Å². The molecule has 0 radical (unpaired) electrons. The van der Waals surface area contributed by atoms with E-state index in [0.717, 1.165) is 0 Å². The van der Waals surface area contributed by atoms with Gasteiger partial charge in [-0.2, -0.15) is 0 Å².